The van der Waals surface area contributed by atoms with Crippen LogP contribution < -0.4 is 14.8 Å². The highest BCUT2D eigenvalue weighted by Crippen LogP contribution is 2.31. The Labute approximate surface area is 212 Å². The third kappa shape index (κ3) is 6.09. The minimum atomic E-state index is -0.395. The molecule has 180 valence electrons. The van der Waals surface area contributed by atoms with Gasteiger partial charge in [-0.1, -0.05) is 60.3 Å². The zero-order chi connectivity index (χ0) is 24.6. The van der Waals surface area contributed by atoms with Crippen molar-refractivity contribution in [3.05, 3.63) is 78.5 Å². The summed E-state index contributed by atoms with van der Waals surface area (Å²) < 4.78 is 13.3. The summed E-state index contributed by atoms with van der Waals surface area (Å²) in [6, 6.07) is 17.3. The van der Waals surface area contributed by atoms with E-state index in [2.05, 4.69) is 27.1 Å². The van der Waals surface area contributed by atoms with Crippen molar-refractivity contribution in [3.8, 4) is 22.8 Å². The maximum atomic E-state index is 12.6. The predicted octanol–water partition coefficient (Wildman–Crippen LogP) is 5.47. The van der Waals surface area contributed by atoms with E-state index in [1.54, 1.807) is 13.2 Å². The van der Waals surface area contributed by atoms with Crippen LogP contribution in [0.3, 0.4) is 0 Å². The van der Waals surface area contributed by atoms with Gasteiger partial charge in [0, 0.05) is 17.5 Å². The fourth-order valence-corrected chi connectivity index (χ4v) is 4.82. The lowest BCUT2D eigenvalue weighted by Crippen LogP contribution is -2.15. The lowest BCUT2D eigenvalue weighted by molar-refractivity contribution is -0.113. The summed E-state index contributed by atoms with van der Waals surface area (Å²) in [6.45, 7) is 6.21. The number of hydrogen-bond donors (Lipinski definition) is 1. The molecule has 0 radical (unpaired) electrons. The Balaban J connectivity index is 1.40. The number of thioether (sulfide) groups is 1. The first-order valence-corrected chi connectivity index (χ1v) is 12.7. The van der Waals surface area contributed by atoms with E-state index in [1.165, 1.54) is 23.1 Å². The van der Waals surface area contributed by atoms with Crippen molar-refractivity contribution in [2.45, 2.75) is 24.7 Å². The van der Waals surface area contributed by atoms with Crippen LogP contribution in [0.25, 0.3) is 11.3 Å². The van der Waals surface area contributed by atoms with Gasteiger partial charge in [-0.25, -0.2) is 4.98 Å². The number of para-hydroxylation sites is 2. The summed E-state index contributed by atoms with van der Waals surface area (Å²) in [5.41, 5.74) is 1.84. The Hall–Kier alpha value is -3.63. The molecule has 0 aliphatic heterocycles. The van der Waals surface area contributed by atoms with E-state index in [0.29, 0.717) is 34.2 Å². The number of rotatable bonds is 11. The summed E-state index contributed by atoms with van der Waals surface area (Å²) in [4.78, 5) is 17.1. The molecule has 1 amide bonds. The van der Waals surface area contributed by atoms with Gasteiger partial charge in [-0.3, -0.25) is 9.36 Å². The molecule has 8 nitrogen and oxygen atoms in total. The smallest absolute Gasteiger partial charge is 0.236 e. The molecule has 2 heterocycles. The average Bonchev–Trinajstić information content (AvgIpc) is 3.51. The van der Waals surface area contributed by atoms with Gasteiger partial charge in [-0.05, 0) is 19.1 Å². The van der Waals surface area contributed by atoms with Crippen LogP contribution in [-0.4, -0.2) is 38.5 Å². The Bertz CT molecular complexity index is 1290. The van der Waals surface area contributed by atoms with Crippen LogP contribution in [0, 0.1) is 0 Å². The van der Waals surface area contributed by atoms with Gasteiger partial charge >= 0.3 is 0 Å². The molecule has 0 spiro atoms. The van der Waals surface area contributed by atoms with Crippen LogP contribution in [0.2, 0.25) is 0 Å². The number of hydrogen-bond acceptors (Lipinski definition) is 8. The number of nitrogens with zero attached hydrogens (tertiary/aromatic N) is 4. The maximum absolute atomic E-state index is 12.6. The Morgan fingerprint density at radius 2 is 1.91 bits per heavy atom. The molecule has 1 unspecified atom stereocenters. The molecule has 0 saturated heterocycles. The quantitative estimate of drug-likeness (QED) is 0.213. The van der Waals surface area contributed by atoms with Gasteiger partial charge in [0.2, 0.25) is 5.91 Å². The highest BCUT2D eigenvalue weighted by Gasteiger charge is 2.21. The van der Waals surface area contributed by atoms with Crippen molar-refractivity contribution in [3.63, 3.8) is 0 Å². The molecular weight excluding hydrogens is 482 g/mol. The van der Waals surface area contributed by atoms with E-state index >= 15 is 0 Å². The number of benzene rings is 2. The number of allylic oxidation sites excluding steroid dienone is 1. The van der Waals surface area contributed by atoms with Gasteiger partial charge in [-0.15, -0.1) is 28.1 Å². The number of methoxy groups -OCH3 is 1. The summed E-state index contributed by atoms with van der Waals surface area (Å²) in [5.74, 6) is 1.88. The maximum Gasteiger partial charge on any atom is 0.236 e. The van der Waals surface area contributed by atoms with Crippen molar-refractivity contribution in [1.29, 1.82) is 0 Å². The third-order valence-electron chi connectivity index (χ3n) is 4.95. The largest absolute Gasteiger partial charge is 0.493 e. The Kier molecular flexibility index (Phi) is 8.17. The van der Waals surface area contributed by atoms with Crippen molar-refractivity contribution < 1.29 is 14.3 Å². The highest BCUT2D eigenvalue weighted by molar-refractivity contribution is 7.99. The normalized spacial score (nSPS) is 11.6. The molecule has 0 aliphatic rings. The molecule has 4 rings (SSSR count). The number of anilines is 1. The SMILES string of the molecule is C=CCn1c(SCC(=O)Nc2nc(-c3ccccc3)cs2)nnc1C(C)Oc1ccccc1OC. The first kappa shape index (κ1) is 24.5. The van der Waals surface area contributed by atoms with Crippen LogP contribution in [-0.2, 0) is 11.3 Å². The summed E-state index contributed by atoms with van der Waals surface area (Å²) in [7, 11) is 1.60. The van der Waals surface area contributed by atoms with Crippen molar-refractivity contribution >= 4 is 34.1 Å². The standard InChI is InChI=1S/C25H25N5O3S2/c1-4-14-30-23(17(2)33-21-13-9-8-12-20(21)32-3)28-29-25(30)35-16-22(31)27-24-26-19(15-34-24)18-10-6-5-7-11-18/h4-13,15,17H,1,14,16H2,2-3H3,(H,26,27,31). The molecule has 10 heteroatoms. The first-order chi connectivity index (χ1) is 17.1. The van der Waals surface area contributed by atoms with Crippen molar-refractivity contribution in [2.75, 3.05) is 18.2 Å². The number of carbonyl (C=O) groups excluding carboxylic acids is 1. The van der Waals surface area contributed by atoms with Gasteiger partial charge in [-0.2, -0.15) is 0 Å². The molecule has 1 atom stereocenters. The van der Waals surface area contributed by atoms with Crippen LogP contribution >= 0.6 is 23.1 Å². The molecule has 0 bridgehead atoms. The van der Waals surface area contributed by atoms with E-state index in [-0.39, 0.29) is 11.7 Å². The van der Waals surface area contributed by atoms with Crippen LogP contribution in [0.5, 0.6) is 11.5 Å². The molecular formula is C25H25N5O3S2. The predicted molar refractivity (Wildman–Crippen MR) is 139 cm³/mol. The first-order valence-electron chi connectivity index (χ1n) is 10.9. The van der Waals surface area contributed by atoms with Crippen molar-refractivity contribution in [1.82, 2.24) is 19.7 Å². The van der Waals surface area contributed by atoms with Crippen LogP contribution in [0.1, 0.15) is 18.9 Å². The van der Waals surface area contributed by atoms with Gasteiger partial charge in [0.05, 0.1) is 18.6 Å². The minimum absolute atomic E-state index is 0.164. The molecule has 0 saturated carbocycles. The summed E-state index contributed by atoms with van der Waals surface area (Å²) in [5, 5.41) is 14.6. The second-order valence-corrected chi connectivity index (χ2v) is 9.19. The zero-order valence-electron chi connectivity index (χ0n) is 19.4. The molecule has 0 aliphatic carbocycles. The van der Waals surface area contributed by atoms with E-state index in [1.807, 2.05) is 71.5 Å². The molecule has 2 aromatic heterocycles. The lowest BCUT2D eigenvalue weighted by atomic mass is 10.2. The zero-order valence-corrected chi connectivity index (χ0v) is 21.0. The van der Waals surface area contributed by atoms with E-state index in [0.717, 1.165) is 11.3 Å². The molecule has 4 aromatic rings. The minimum Gasteiger partial charge on any atom is -0.493 e. The van der Waals surface area contributed by atoms with E-state index in [4.69, 9.17) is 9.47 Å². The topological polar surface area (TPSA) is 91.2 Å². The summed E-state index contributed by atoms with van der Waals surface area (Å²) >= 11 is 2.69. The number of thiazole rings is 1. The monoisotopic (exact) mass is 507 g/mol. The second kappa shape index (κ2) is 11.7. The van der Waals surface area contributed by atoms with E-state index in [9.17, 15) is 4.79 Å². The third-order valence-corrected chi connectivity index (χ3v) is 6.67. The molecule has 1 N–H and O–H groups in total. The lowest BCUT2D eigenvalue weighted by Gasteiger charge is -2.17. The second-order valence-electron chi connectivity index (χ2n) is 7.39. The van der Waals surface area contributed by atoms with Gasteiger partial charge in [0.1, 0.15) is 0 Å². The van der Waals surface area contributed by atoms with E-state index < -0.39 is 6.10 Å². The molecule has 0 fully saturated rings. The number of amides is 1. The number of carbonyl (C=O) groups is 1. The Morgan fingerprint density at radius 3 is 2.66 bits per heavy atom. The van der Waals surface area contributed by atoms with Crippen LogP contribution in [0.4, 0.5) is 5.13 Å². The van der Waals surface area contributed by atoms with Gasteiger partial charge in [0.15, 0.2) is 33.7 Å². The van der Waals surface area contributed by atoms with Gasteiger partial charge in [0.25, 0.3) is 0 Å². The van der Waals surface area contributed by atoms with Gasteiger partial charge < -0.3 is 14.8 Å². The fourth-order valence-electron chi connectivity index (χ4n) is 3.33. The molecule has 2 aromatic carbocycles. The molecule has 35 heavy (non-hydrogen) atoms. The Morgan fingerprint density at radius 1 is 1.17 bits per heavy atom. The number of ether oxygens (including phenoxy) is 2. The average molecular weight is 508 g/mol. The highest BCUT2D eigenvalue weighted by atomic mass is 32.2. The van der Waals surface area contributed by atoms with Crippen LogP contribution in [0.15, 0.2) is 77.8 Å². The van der Waals surface area contributed by atoms with Crippen molar-refractivity contribution in [2.24, 2.45) is 0 Å². The number of aromatic nitrogens is 4. The fraction of sp³-hybridized carbons (Fsp3) is 0.200. The summed E-state index contributed by atoms with van der Waals surface area (Å²) in [6.07, 6.45) is 1.36. The number of nitrogens with one attached hydrogen (secondary N) is 1.